The van der Waals surface area contributed by atoms with Crippen molar-refractivity contribution in [1.29, 1.82) is 0 Å². The number of anilines is 2. The smallest absolute Gasteiger partial charge is 0.418 e. The average molecular weight is 697 g/mol. The van der Waals surface area contributed by atoms with Gasteiger partial charge in [0.25, 0.3) is 0 Å². The van der Waals surface area contributed by atoms with Crippen molar-refractivity contribution in [2.45, 2.75) is 32.4 Å². The number of aryl methyl sites for hydroxylation is 2. The Hall–Kier alpha value is -5.79. The van der Waals surface area contributed by atoms with E-state index < -0.39 is 17.4 Å². The largest absolute Gasteiger partial charge is 0.481 e. The molecular formula is C37H35F3N8O3. The molecule has 0 saturated carbocycles. The number of ketones is 1. The number of carbonyl (C=O) groups is 1. The monoisotopic (exact) mass is 696 g/mol. The van der Waals surface area contributed by atoms with Crippen molar-refractivity contribution >= 4 is 39.4 Å². The molecule has 0 radical (unpaired) electrons. The molecule has 7 rings (SSSR count). The maximum atomic E-state index is 14.8. The van der Waals surface area contributed by atoms with Gasteiger partial charge in [0.1, 0.15) is 5.78 Å². The van der Waals surface area contributed by atoms with E-state index in [0.29, 0.717) is 79.2 Å². The van der Waals surface area contributed by atoms with Crippen LogP contribution in [0.25, 0.3) is 38.8 Å². The molecule has 0 aliphatic carbocycles. The van der Waals surface area contributed by atoms with Crippen LogP contribution >= 0.6 is 0 Å². The van der Waals surface area contributed by atoms with Gasteiger partial charge in [0.15, 0.2) is 0 Å². The Balaban J connectivity index is 1.21. The van der Waals surface area contributed by atoms with Crippen LogP contribution in [-0.4, -0.2) is 68.1 Å². The van der Waals surface area contributed by atoms with Crippen LogP contribution in [0.2, 0.25) is 0 Å². The number of nitrogens with zero attached hydrogens (tertiary/aromatic N) is 8. The zero-order valence-corrected chi connectivity index (χ0v) is 28.3. The predicted octanol–water partition coefficient (Wildman–Crippen LogP) is 6.00. The third-order valence-electron chi connectivity index (χ3n) is 9.39. The van der Waals surface area contributed by atoms with E-state index in [2.05, 4.69) is 19.9 Å². The highest BCUT2D eigenvalue weighted by molar-refractivity contribution is 6.04. The molecule has 14 heteroatoms. The lowest BCUT2D eigenvalue weighted by Gasteiger charge is -2.37. The molecule has 0 N–H and O–H groups in total. The van der Waals surface area contributed by atoms with Crippen LogP contribution in [0.1, 0.15) is 30.9 Å². The number of hydrogen-bond acceptors (Lipinski definition) is 9. The van der Waals surface area contributed by atoms with E-state index in [0.717, 1.165) is 22.8 Å². The van der Waals surface area contributed by atoms with Crippen LogP contribution in [0.3, 0.4) is 0 Å². The number of ether oxygens (including phenoxy) is 1. The summed E-state index contributed by atoms with van der Waals surface area (Å²) in [7, 11) is 3.11. The highest BCUT2D eigenvalue weighted by atomic mass is 19.4. The number of imidazole rings is 1. The number of benzene rings is 2. The first-order valence-corrected chi connectivity index (χ1v) is 16.6. The van der Waals surface area contributed by atoms with Crippen LogP contribution < -0.4 is 20.2 Å². The van der Waals surface area contributed by atoms with Crippen molar-refractivity contribution < 1.29 is 22.7 Å². The molecule has 0 atom stereocenters. The molecule has 0 spiro atoms. The fourth-order valence-electron chi connectivity index (χ4n) is 6.50. The number of hydrogen-bond donors (Lipinski definition) is 0. The molecule has 51 heavy (non-hydrogen) atoms. The zero-order valence-electron chi connectivity index (χ0n) is 28.3. The van der Waals surface area contributed by atoms with Crippen LogP contribution in [-0.2, 0) is 24.4 Å². The third-order valence-corrected chi connectivity index (χ3v) is 9.39. The molecule has 262 valence electrons. The number of methoxy groups -OCH3 is 1. The van der Waals surface area contributed by atoms with Crippen molar-refractivity contribution in [3.8, 4) is 22.7 Å². The minimum Gasteiger partial charge on any atom is -0.481 e. The highest BCUT2D eigenvalue weighted by Gasteiger charge is 2.36. The van der Waals surface area contributed by atoms with E-state index in [9.17, 15) is 22.8 Å². The number of carbonyl (C=O) groups excluding carboxylic acids is 1. The van der Waals surface area contributed by atoms with E-state index in [-0.39, 0.29) is 17.2 Å². The molecule has 1 aliphatic heterocycles. The van der Waals surface area contributed by atoms with Gasteiger partial charge in [-0.05, 0) is 53.9 Å². The van der Waals surface area contributed by atoms with Crippen molar-refractivity contribution in [3.05, 3.63) is 94.9 Å². The van der Waals surface area contributed by atoms with Crippen LogP contribution in [0.5, 0.6) is 5.88 Å². The average Bonchev–Trinajstić information content (AvgIpc) is 3.42. The number of pyridine rings is 2. The SMILES string of the molecule is CCC(=O)CCc1cnc(N2CCN(c3ccc(-n4c(=O)n(C)c5cnc6ccc(-c7ccc(OC)nc7)cc6c54)cc3C(F)(F)F)CC2)nc1. The topological polar surface area (TPSA) is 111 Å². The number of fused-ring (bicyclic) bond motifs is 3. The van der Waals surface area contributed by atoms with E-state index in [1.165, 1.54) is 22.3 Å². The standard InChI is InChI=1S/C37H35F3N8O3/c1-4-27(49)9-5-23-19-43-35(44-20-23)47-15-13-46(14-16-47)31-11-8-26(18-29(31)37(38,39)40)48-34-28-17-24(25-7-12-33(51-3)42-21-25)6-10-30(28)41-22-32(34)45(2)36(48)50/h6-8,10-12,17-22H,4-5,9,13-16H2,1-3H3. The Morgan fingerprint density at radius 3 is 2.25 bits per heavy atom. The summed E-state index contributed by atoms with van der Waals surface area (Å²) < 4.78 is 52.2. The van der Waals surface area contributed by atoms with Gasteiger partial charge in [-0.1, -0.05) is 13.0 Å². The maximum Gasteiger partial charge on any atom is 0.418 e. The first kappa shape index (κ1) is 33.7. The van der Waals surface area contributed by atoms with Gasteiger partial charge in [0.05, 0.1) is 41.1 Å². The first-order chi connectivity index (χ1) is 24.5. The van der Waals surface area contributed by atoms with Gasteiger partial charge in [0, 0.05) is 87.4 Å². The summed E-state index contributed by atoms with van der Waals surface area (Å²) in [5, 5.41) is 0.608. The van der Waals surface area contributed by atoms with Gasteiger partial charge in [-0.15, -0.1) is 0 Å². The lowest BCUT2D eigenvalue weighted by Crippen LogP contribution is -2.47. The van der Waals surface area contributed by atoms with Gasteiger partial charge in [-0.3, -0.25) is 18.9 Å². The first-order valence-electron chi connectivity index (χ1n) is 16.6. The number of halogens is 3. The Morgan fingerprint density at radius 2 is 1.59 bits per heavy atom. The molecule has 1 fully saturated rings. The molecular weight excluding hydrogens is 661 g/mol. The Bertz CT molecular complexity index is 2290. The molecule has 4 aromatic heterocycles. The van der Waals surface area contributed by atoms with E-state index in [1.54, 1.807) is 48.9 Å². The van der Waals surface area contributed by atoms with Gasteiger partial charge < -0.3 is 14.5 Å². The van der Waals surface area contributed by atoms with Gasteiger partial charge >= 0.3 is 11.9 Å². The van der Waals surface area contributed by atoms with Crippen molar-refractivity contribution in [2.75, 3.05) is 43.1 Å². The lowest BCUT2D eigenvalue weighted by atomic mass is 10.0. The number of alkyl halides is 3. The zero-order chi connectivity index (χ0) is 35.9. The van der Waals surface area contributed by atoms with Crippen molar-refractivity contribution in [3.63, 3.8) is 0 Å². The summed E-state index contributed by atoms with van der Waals surface area (Å²) >= 11 is 0. The van der Waals surface area contributed by atoms with Crippen LogP contribution in [0.15, 0.2) is 78.1 Å². The second-order valence-corrected chi connectivity index (χ2v) is 12.4. The van der Waals surface area contributed by atoms with E-state index >= 15 is 0 Å². The third kappa shape index (κ3) is 6.48. The molecule has 0 bridgehead atoms. The summed E-state index contributed by atoms with van der Waals surface area (Å²) in [6, 6.07) is 13.2. The lowest BCUT2D eigenvalue weighted by molar-refractivity contribution is -0.137. The summed E-state index contributed by atoms with van der Waals surface area (Å²) in [4.78, 5) is 46.8. The molecule has 11 nitrogen and oxygen atoms in total. The number of rotatable bonds is 9. The Labute approximate surface area is 291 Å². The second-order valence-electron chi connectivity index (χ2n) is 12.4. The molecule has 1 aliphatic rings. The summed E-state index contributed by atoms with van der Waals surface area (Å²) in [5.74, 6) is 1.13. The summed E-state index contributed by atoms with van der Waals surface area (Å²) in [5.41, 5.74) is 2.79. The van der Waals surface area contributed by atoms with Gasteiger partial charge in [-0.25, -0.2) is 19.7 Å². The van der Waals surface area contributed by atoms with E-state index in [4.69, 9.17) is 4.74 Å². The van der Waals surface area contributed by atoms with Gasteiger partial charge in [0.2, 0.25) is 11.8 Å². The van der Waals surface area contributed by atoms with Gasteiger partial charge in [-0.2, -0.15) is 13.2 Å². The molecule has 0 amide bonds. The van der Waals surface area contributed by atoms with Crippen molar-refractivity contribution in [2.24, 2.45) is 7.05 Å². The minimum absolute atomic E-state index is 0.0388. The fraction of sp³-hybridized carbons (Fsp3) is 0.297. The summed E-state index contributed by atoms with van der Waals surface area (Å²) in [6.45, 7) is 3.29. The van der Waals surface area contributed by atoms with Crippen molar-refractivity contribution in [1.82, 2.24) is 29.1 Å². The summed E-state index contributed by atoms with van der Waals surface area (Å²) in [6.07, 6.45) is 3.43. The Morgan fingerprint density at radius 1 is 0.863 bits per heavy atom. The number of aromatic nitrogens is 6. The molecule has 0 unspecified atom stereocenters. The molecule has 1 saturated heterocycles. The predicted molar refractivity (Wildman–Crippen MR) is 189 cm³/mol. The van der Waals surface area contributed by atoms with Crippen LogP contribution in [0, 0.1) is 0 Å². The molecule has 2 aromatic carbocycles. The Kier molecular flexibility index (Phi) is 8.92. The second kappa shape index (κ2) is 13.5. The maximum absolute atomic E-state index is 14.8. The number of Topliss-reactive ketones (excluding diaryl/α,β-unsaturated/α-hetero) is 1. The molecule has 6 aromatic rings. The van der Waals surface area contributed by atoms with E-state index in [1.807, 2.05) is 36.1 Å². The minimum atomic E-state index is -4.69. The number of piperazine rings is 1. The molecule has 5 heterocycles. The quantitative estimate of drug-likeness (QED) is 0.180. The normalized spacial score (nSPS) is 13.7. The highest BCUT2D eigenvalue weighted by Crippen LogP contribution is 2.39. The van der Waals surface area contributed by atoms with Crippen LogP contribution in [0.4, 0.5) is 24.8 Å². The fourth-order valence-corrected chi connectivity index (χ4v) is 6.50.